The summed E-state index contributed by atoms with van der Waals surface area (Å²) in [6.07, 6.45) is 1.76. The van der Waals surface area contributed by atoms with E-state index in [0.717, 1.165) is 11.3 Å². The predicted octanol–water partition coefficient (Wildman–Crippen LogP) is 2.82. The van der Waals surface area contributed by atoms with Crippen LogP contribution in [-0.4, -0.2) is 29.5 Å². The number of pyridine rings is 1. The number of carbonyl (C=O) groups excluding carboxylic acids is 1. The Kier molecular flexibility index (Phi) is 5.46. The van der Waals surface area contributed by atoms with Gasteiger partial charge in [0.05, 0.1) is 12.3 Å². The summed E-state index contributed by atoms with van der Waals surface area (Å²) in [6.45, 7) is 2.78. The fourth-order valence-electron chi connectivity index (χ4n) is 2.27. The van der Waals surface area contributed by atoms with E-state index in [0.29, 0.717) is 13.2 Å². The minimum atomic E-state index is -0.423. The molecule has 1 aromatic heterocycles. The number of hydrogen-bond acceptors (Lipinski definition) is 4. The van der Waals surface area contributed by atoms with Crippen molar-refractivity contribution < 1.29 is 9.53 Å². The molecule has 0 radical (unpaired) electrons. The van der Waals surface area contributed by atoms with Gasteiger partial charge in [0, 0.05) is 12.7 Å². The van der Waals surface area contributed by atoms with Gasteiger partial charge >= 0.3 is 5.97 Å². The van der Waals surface area contributed by atoms with Gasteiger partial charge in [-0.1, -0.05) is 36.4 Å². The molecule has 0 spiro atoms. The molecule has 0 aliphatic heterocycles. The van der Waals surface area contributed by atoms with Crippen molar-refractivity contribution in [2.24, 2.45) is 0 Å². The maximum atomic E-state index is 12.3. The lowest BCUT2D eigenvalue weighted by molar-refractivity contribution is -0.149. The SMILES string of the molecule is CCOC(=O)C(c1ccccc1)N(C)Cc1ccccn1. The molecule has 1 unspecified atom stereocenters. The highest BCUT2D eigenvalue weighted by atomic mass is 16.5. The molecule has 0 fully saturated rings. The van der Waals surface area contributed by atoms with Crippen LogP contribution in [0.15, 0.2) is 54.7 Å². The minimum absolute atomic E-state index is 0.234. The first-order chi connectivity index (χ1) is 10.2. The standard InChI is InChI=1S/C17H20N2O2/c1-3-21-17(20)16(14-9-5-4-6-10-14)19(2)13-15-11-7-8-12-18-15/h4-12,16H,3,13H2,1-2H3. The maximum Gasteiger partial charge on any atom is 0.328 e. The van der Waals surface area contributed by atoms with Gasteiger partial charge < -0.3 is 4.74 Å². The summed E-state index contributed by atoms with van der Waals surface area (Å²) in [5.74, 6) is -0.234. The minimum Gasteiger partial charge on any atom is -0.465 e. The molecular formula is C17H20N2O2. The van der Waals surface area contributed by atoms with Crippen LogP contribution in [0.3, 0.4) is 0 Å². The van der Waals surface area contributed by atoms with Crippen molar-refractivity contribution >= 4 is 5.97 Å². The quantitative estimate of drug-likeness (QED) is 0.765. The van der Waals surface area contributed by atoms with Crippen LogP contribution in [0, 0.1) is 0 Å². The molecule has 0 saturated carbocycles. The van der Waals surface area contributed by atoms with Crippen molar-refractivity contribution in [1.82, 2.24) is 9.88 Å². The van der Waals surface area contributed by atoms with Crippen molar-refractivity contribution in [1.29, 1.82) is 0 Å². The summed E-state index contributed by atoms with van der Waals surface area (Å²) in [5, 5.41) is 0. The molecule has 4 nitrogen and oxygen atoms in total. The third-order valence-electron chi connectivity index (χ3n) is 3.20. The fraction of sp³-hybridized carbons (Fsp3) is 0.294. The molecule has 0 amide bonds. The number of aromatic nitrogens is 1. The third-order valence-corrected chi connectivity index (χ3v) is 3.20. The van der Waals surface area contributed by atoms with E-state index < -0.39 is 6.04 Å². The second-order valence-electron chi connectivity index (χ2n) is 4.80. The Morgan fingerprint density at radius 3 is 2.52 bits per heavy atom. The van der Waals surface area contributed by atoms with Crippen LogP contribution in [0.1, 0.15) is 24.2 Å². The molecule has 0 saturated heterocycles. The Bertz CT molecular complexity index is 558. The van der Waals surface area contributed by atoms with Gasteiger partial charge in [-0.15, -0.1) is 0 Å². The third kappa shape index (κ3) is 4.13. The van der Waals surface area contributed by atoms with Crippen molar-refractivity contribution in [2.45, 2.75) is 19.5 Å². The van der Waals surface area contributed by atoms with Crippen molar-refractivity contribution in [2.75, 3.05) is 13.7 Å². The van der Waals surface area contributed by atoms with Crippen molar-refractivity contribution in [3.05, 3.63) is 66.0 Å². The number of ether oxygens (including phenoxy) is 1. The lowest BCUT2D eigenvalue weighted by Gasteiger charge is -2.26. The van der Waals surface area contributed by atoms with E-state index in [1.165, 1.54) is 0 Å². The number of esters is 1. The van der Waals surface area contributed by atoms with Crippen LogP contribution < -0.4 is 0 Å². The molecule has 0 aliphatic rings. The van der Waals surface area contributed by atoms with Gasteiger partial charge in [0.2, 0.25) is 0 Å². The summed E-state index contributed by atoms with van der Waals surface area (Å²) in [4.78, 5) is 18.6. The molecule has 2 rings (SSSR count). The zero-order chi connectivity index (χ0) is 15.1. The number of nitrogens with zero attached hydrogens (tertiary/aromatic N) is 2. The van der Waals surface area contributed by atoms with Gasteiger partial charge in [-0.3, -0.25) is 9.88 Å². The van der Waals surface area contributed by atoms with E-state index in [2.05, 4.69) is 4.98 Å². The first-order valence-corrected chi connectivity index (χ1v) is 7.04. The average molecular weight is 284 g/mol. The predicted molar refractivity (Wildman–Crippen MR) is 81.5 cm³/mol. The second kappa shape index (κ2) is 7.55. The fourth-order valence-corrected chi connectivity index (χ4v) is 2.27. The van der Waals surface area contributed by atoms with Crippen LogP contribution in [0.25, 0.3) is 0 Å². The van der Waals surface area contributed by atoms with E-state index in [4.69, 9.17) is 4.74 Å². The molecular weight excluding hydrogens is 264 g/mol. The normalized spacial score (nSPS) is 12.1. The number of rotatable bonds is 6. The van der Waals surface area contributed by atoms with E-state index in [1.54, 1.807) is 6.20 Å². The highest BCUT2D eigenvalue weighted by Crippen LogP contribution is 2.22. The van der Waals surface area contributed by atoms with Gasteiger partial charge in [-0.05, 0) is 31.7 Å². The number of carbonyl (C=O) groups is 1. The Morgan fingerprint density at radius 2 is 1.90 bits per heavy atom. The summed E-state index contributed by atoms with van der Waals surface area (Å²) in [7, 11) is 1.91. The van der Waals surface area contributed by atoms with Gasteiger partial charge in [0.15, 0.2) is 0 Å². The van der Waals surface area contributed by atoms with Gasteiger partial charge in [0.25, 0.3) is 0 Å². The Labute approximate surface area is 125 Å². The first kappa shape index (κ1) is 15.2. The largest absolute Gasteiger partial charge is 0.465 e. The molecule has 21 heavy (non-hydrogen) atoms. The maximum absolute atomic E-state index is 12.3. The molecule has 0 aliphatic carbocycles. The number of likely N-dealkylation sites (N-methyl/N-ethyl adjacent to an activating group) is 1. The summed E-state index contributed by atoms with van der Waals surface area (Å²) in [6, 6.07) is 15.0. The van der Waals surface area contributed by atoms with E-state index >= 15 is 0 Å². The van der Waals surface area contributed by atoms with Crippen LogP contribution in [0.2, 0.25) is 0 Å². The van der Waals surface area contributed by atoms with Crippen LogP contribution in [0.5, 0.6) is 0 Å². The molecule has 1 aromatic carbocycles. The zero-order valence-electron chi connectivity index (χ0n) is 12.4. The average Bonchev–Trinajstić information content (AvgIpc) is 2.50. The van der Waals surface area contributed by atoms with Crippen molar-refractivity contribution in [3.8, 4) is 0 Å². The van der Waals surface area contributed by atoms with Crippen LogP contribution >= 0.6 is 0 Å². The van der Waals surface area contributed by atoms with Gasteiger partial charge in [-0.25, -0.2) is 4.79 Å². The molecule has 1 atom stereocenters. The Hall–Kier alpha value is -2.20. The topological polar surface area (TPSA) is 42.4 Å². The zero-order valence-corrected chi connectivity index (χ0v) is 12.4. The monoisotopic (exact) mass is 284 g/mol. The Balaban J connectivity index is 2.20. The van der Waals surface area contributed by atoms with E-state index in [9.17, 15) is 4.79 Å². The van der Waals surface area contributed by atoms with Gasteiger partial charge in [-0.2, -0.15) is 0 Å². The van der Waals surface area contributed by atoms with E-state index in [-0.39, 0.29) is 5.97 Å². The lowest BCUT2D eigenvalue weighted by atomic mass is 10.1. The number of benzene rings is 1. The molecule has 0 N–H and O–H groups in total. The second-order valence-corrected chi connectivity index (χ2v) is 4.80. The first-order valence-electron chi connectivity index (χ1n) is 7.04. The Morgan fingerprint density at radius 1 is 1.19 bits per heavy atom. The lowest BCUT2D eigenvalue weighted by Crippen LogP contribution is -2.32. The molecule has 1 heterocycles. The van der Waals surface area contributed by atoms with E-state index in [1.807, 2.05) is 67.4 Å². The molecule has 0 bridgehead atoms. The van der Waals surface area contributed by atoms with Crippen molar-refractivity contribution in [3.63, 3.8) is 0 Å². The summed E-state index contributed by atoms with van der Waals surface area (Å²) < 4.78 is 5.22. The highest BCUT2D eigenvalue weighted by Gasteiger charge is 2.26. The summed E-state index contributed by atoms with van der Waals surface area (Å²) in [5.41, 5.74) is 1.85. The highest BCUT2D eigenvalue weighted by molar-refractivity contribution is 5.77. The number of hydrogen-bond donors (Lipinski definition) is 0. The van der Waals surface area contributed by atoms with Crippen LogP contribution in [0.4, 0.5) is 0 Å². The summed E-state index contributed by atoms with van der Waals surface area (Å²) >= 11 is 0. The molecule has 4 heteroatoms. The molecule has 2 aromatic rings. The van der Waals surface area contributed by atoms with Crippen LogP contribution in [-0.2, 0) is 16.1 Å². The molecule has 110 valence electrons. The van der Waals surface area contributed by atoms with Gasteiger partial charge in [0.1, 0.15) is 6.04 Å². The smallest absolute Gasteiger partial charge is 0.328 e.